The van der Waals surface area contributed by atoms with Gasteiger partial charge >= 0.3 is 29.8 Å². The van der Waals surface area contributed by atoms with E-state index >= 15 is 0 Å². The summed E-state index contributed by atoms with van der Waals surface area (Å²) >= 11 is 0. The van der Waals surface area contributed by atoms with Gasteiger partial charge < -0.3 is 23.7 Å². The van der Waals surface area contributed by atoms with Gasteiger partial charge in [0.2, 0.25) is 0 Å². The number of cyclic esters (lactones) is 5. The standard InChI is InChI=1S/C15H12O2.C13H24O2.C12H14O2.C10H10O2.C9H16O2.C9H14O.C8H12O.C6H10O.6C2H6/c16-14-15(11-17-14,12-7-3-1-4-8-12)13-9-5-2-6-10-13;1-11(2,3)7-13(8-12(4,5)6)9-15-10(13)14;1-12(9-14-11(12)13)8-7-10-5-3-2-4-6-10;1-10(7-12-9(10)11)8-5-3-2-4-6-8;1-8(2,3)5-9(4)6-11-7(9)10;10-8-4-7-9(8)5-2-1-3-6-9;9-7-3-6-8(7)4-1-2-5-8;1-6(2)4-3-5(6)7;6*1-2/h1-10H,11H2;7-9H2,1-6H3;2-6H,7-9H2,1H3;2-6H,7H2,1H3;5-6H2,1-4H3;1-7H2;1-6H2;3-4H2,1-2H3;6*1-2H3. The molecule has 107 heavy (non-hydrogen) atoms. The van der Waals surface area contributed by atoms with Gasteiger partial charge in [-0.15, -0.1) is 0 Å². The number of ketones is 3. The summed E-state index contributed by atoms with van der Waals surface area (Å²) in [5.74, 6) is 1.19. The first-order chi connectivity index (χ1) is 50.5. The highest BCUT2D eigenvalue weighted by Crippen LogP contribution is 2.52. The summed E-state index contributed by atoms with van der Waals surface area (Å²) in [4.78, 5) is 89.7. The van der Waals surface area contributed by atoms with E-state index in [1.165, 1.54) is 76.2 Å². The molecule has 5 aliphatic heterocycles. The number of esters is 5. The molecule has 4 aromatic rings. The fourth-order valence-corrected chi connectivity index (χ4v) is 14.8. The molecule has 0 bridgehead atoms. The fraction of sp³-hybridized carbons (Fsp3) is 0.660. The van der Waals surface area contributed by atoms with Gasteiger partial charge in [-0.3, -0.25) is 38.4 Å². The average Bonchev–Trinajstić information content (AvgIpc) is 1.37. The Hall–Kier alpha value is -6.76. The van der Waals surface area contributed by atoms with Crippen LogP contribution in [0.5, 0.6) is 0 Å². The molecule has 5 heterocycles. The second-order valence-electron chi connectivity index (χ2n) is 33.8. The second kappa shape index (κ2) is 45.4. The third kappa shape index (κ3) is 28.3. The maximum atomic E-state index is 11.9. The number of ether oxygens (including phenoxy) is 5. The van der Waals surface area contributed by atoms with Crippen LogP contribution in [0.15, 0.2) is 121 Å². The summed E-state index contributed by atoms with van der Waals surface area (Å²) < 4.78 is 24.3. The maximum absolute atomic E-state index is 11.9. The highest BCUT2D eigenvalue weighted by molar-refractivity contribution is 5.93. The lowest BCUT2D eigenvalue weighted by Crippen LogP contribution is -2.52. The van der Waals surface area contributed by atoms with Gasteiger partial charge in [0.15, 0.2) is 5.41 Å². The molecule has 2 spiro atoms. The van der Waals surface area contributed by atoms with Gasteiger partial charge in [-0.2, -0.15) is 0 Å². The number of benzene rings is 4. The number of aryl methyl sites for hydroxylation is 1. The van der Waals surface area contributed by atoms with Crippen LogP contribution < -0.4 is 0 Å². The Balaban J connectivity index is 0.000000604. The number of Topliss-reactive ketones (excluding diaryl/α,β-unsaturated/α-hetero) is 3. The molecule has 3 unspecified atom stereocenters. The molecule has 0 aromatic heterocycles. The summed E-state index contributed by atoms with van der Waals surface area (Å²) in [6, 6.07) is 39.6. The lowest BCUT2D eigenvalue weighted by molar-refractivity contribution is -0.194. The van der Waals surface area contributed by atoms with Crippen molar-refractivity contribution in [2.24, 2.45) is 48.7 Å². The minimum absolute atomic E-state index is 0.00681. The molecule has 5 saturated carbocycles. The van der Waals surface area contributed by atoms with E-state index in [1.807, 2.05) is 227 Å². The monoisotopic (exact) mass is 1490 g/mol. The maximum Gasteiger partial charge on any atom is 0.324 e. The number of carbonyl (C=O) groups excluding carboxylic acids is 8. The zero-order valence-corrected chi connectivity index (χ0v) is 72.0. The van der Waals surface area contributed by atoms with Crippen LogP contribution in [0.4, 0.5) is 0 Å². The topological polar surface area (TPSA) is 183 Å². The molecule has 602 valence electrons. The SMILES string of the molecule is CC.CC.CC.CC.CC.CC.CC(C)(C)CC1(C)COC1=O.CC(C)(C)CC1(CC(C)(C)C)COC1=O.CC1(C)CCC1=O.CC1(CCc2ccccc2)COC1=O.CC1(c2ccccc2)COC1=O.O=C1CCC12CCCC2.O=C1CCC12CCCCC2.O=C1OCC1(c1ccccc1)c1ccccc1. The molecule has 10 fully saturated rings. The molecule has 14 rings (SSSR count). The van der Waals surface area contributed by atoms with E-state index in [0.29, 0.717) is 50.4 Å². The molecule has 3 atom stereocenters. The average molecular weight is 1490 g/mol. The Labute approximate surface area is 650 Å². The van der Waals surface area contributed by atoms with E-state index in [0.717, 1.165) is 74.5 Å². The van der Waals surface area contributed by atoms with Crippen LogP contribution in [0.1, 0.15) is 324 Å². The summed E-state index contributed by atoms with van der Waals surface area (Å²) in [6.45, 7) is 56.1. The Morgan fingerprint density at radius 1 is 0.318 bits per heavy atom. The van der Waals surface area contributed by atoms with Crippen LogP contribution in [0.2, 0.25) is 0 Å². The van der Waals surface area contributed by atoms with Crippen LogP contribution in [-0.4, -0.2) is 80.2 Å². The van der Waals surface area contributed by atoms with E-state index in [2.05, 4.69) is 74.4 Å². The summed E-state index contributed by atoms with van der Waals surface area (Å²) in [7, 11) is 0. The Kier molecular flexibility index (Phi) is 41.7. The number of hydrogen-bond donors (Lipinski definition) is 0. The van der Waals surface area contributed by atoms with Crippen molar-refractivity contribution in [1.82, 2.24) is 0 Å². The Bertz CT molecular complexity index is 3210. The highest BCUT2D eigenvalue weighted by Gasteiger charge is 2.55. The van der Waals surface area contributed by atoms with Gasteiger partial charge in [-0.05, 0) is 136 Å². The molecule has 13 heteroatoms. The second-order valence-corrected chi connectivity index (χ2v) is 33.8. The summed E-state index contributed by atoms with van der Waals surface area (Å²) in [5, 5.41) is 0. The van der Waals surface area contributed by atoms with E-state index < -0.39 is 5.41 Å². The lowest BCUT2D eigenvalue weighted by Gasteiger charge is -2.46. The van der Waals surface area contributed by atoms with Gasteiger partial charge in [0.1, 0.15) is 61.2 Å². The van der Waals surface area contributed by atoms with E-state index in [1.54, 1.807) is 0 Å². The molecule has 4 aromatic carbocycles. The van der Waals surface area contributed by atoms with Crippen molar-refractivity contribution < 1.29 is 62.0 Å². The van der Waals surface area contributed by atoms with Gasteiger partial charge in [-0.25, -0.2) is 0 Å². The molecular formula is C94H148O13. The molecule has 5 aliphatic carbocycles. The molecular weight excluding hydrogens is 1340 g/mol. The Morgan fingerprint density at radius 3 is 0.841 bits per heavy atom. The van der Waals surface area contributed by atoms with Gasteiger partial charge in [0.05, 0.1) is 10.8 Å². The van der Waals surface area contributed by atoms with Crippen LogP contribution in [-0.2, 0) is 79.3 Å². The van der Waals surface area contributed by atoms with Crippen LogP contribution in [0.25, 0.3) is 0 Å². The lowest BCUT2D eigenvalue weighted by atomic mass is 9.60. The first-order valence-electron chi connectivity index (χ1n) is 41.1. The quantitative estimate of drug-likeness (QED) is 0.114. The van der Waals surface area contributed by atoms with Crippen molar-refractivity contribution in [3.8, 4) is 0 Å². The molecule has 5 saturated heterocycles. The summed E-state index contributed by atoms with van der Waals surface area (Å²) in [5.41, 5.74) is 3.80. The van der Waals surface area contributed by atoms with Crippen LogP contribution in [0, 0.1) is 48.7 Å². The third-order valence-electron chi connectivity index (χ3n) is 21.0. The molecule has 0 N–H and O–H groups in total. The normalized spacial score (nSPS) is 22.7. The molecule has 10 aliphatic rings. The third-order valence-corrected chi connectivity index (χ3v) is 21.0. The predicted octanol–water partition coefficient (Wildman–Crippen LogP) is 23.3. The molecule has 0 amide bonds. The Morgan fingerprint density at radius 2 is 0.645 bits per heavy atom. The van der Waals surface area contributed by atoms with Crippen molar-refractivity contribution >= 4 is 47.2 Å². The van der Waals surface area contributed by atoms with Crippen molar-refractivity contribution in [3.63, 3.8) is 0 Å². The zero-order chi connectivity index (χ0) is 81.8. The number of hydrogen-bond acceptors (Lipinski definition) is 13. The van der Waals surface area contributed by atoms with Crippen LogP contribution in [0.3, 0.4) is 0 Å². The molecule has 0 radical (unpaired) electrons. The van der Waals surface area contributed by atoms with Gasteiger partial charge in [0, 0.05) is 35.5 Å². The minimum Gasteiger partial charge on any atom is -0.464 e. The number of rotatable bonds is 9. The van der Waals surface area contributed by atoms with Crippen molar-refractivity contribution in [3.05, 3.63) is 144 Å². The van der Waals surface area contributed by atoms with Crippen molar-refractivity contribution in [2.75, 3.05) is 33.0 Å². The van der Waals surface area contributed by atoms with E-state index in [9.17, 15) is 38.4 Å². The summed E-state index contributed by atoms with van der Waals surface area (Å²) in [6.07, 6.45) is 22.0. The van der Waals surface area contributed by atoms with E-state index in [-0.39, 0.29) is 84.0 Å². The minimum atomic E-state index is -0.595. The largest absolute Gasteiger partial charge is 0.464 e. The van der Waals surface area contributed by atoms with Crippen LogP contribution >= 0.6 is 0 Å². The smallest absolute Gasteiger partial charge is 0.324 e. The van der Waals surface area contributed by atoms with Gasteiger partial charge in [-0.1, -0.05) is 313 Å². The predicted molar refractivity (Wildman–Crippen MR) is 439 cm³/mol. The van der Waals surface area contributed by atoms with Crippen molar-refractivity contribution in [1.29, 1.82) is 0 Å². The zero-order valence-electron chi connectivity index (χ0n) is 72.0. The highest BCUT2D eigenvalue weighted by atomic mass is 16.6. The van der Waals surface area contributed by atoms with Crippen molar-refractivity contribution in [2.45, 2.75) is 319 Å². The fourth-order valence-electron chi connectivity index (χ4n) is 14.8. The van der Waals surface area contributed by atoms with E-state index in [4.69, 9.17) is 23.7 Å². The first-order valence-corrected chi connectivity index (χ1v) is 41.1. The molecule has 13 nitrogen and oxygen atoms in total. The first kappa shape index (κ1) is 98.2. The number of carbonyl (C=O) groups is 8. The van der Waals surface area contributed by atoms with Gasteiger partial charge in [0.25, 0.3) is 0 Å².